The third kappa shape index (κ3) is 9.75. The summed E-state index contributed by atoms with van der Waals surface area (Å²) < 4.78 is 76.8. The lowest BCUT2D eigenvalue weighted by atomic mass is 10.0. The molecule has 6 rings (SSSR count). The van der Waals surface area contributed by atoms with Crippen molar-refractivity contribution in [1.29, 1.82) is 0 Å². The maximum absolute atomic E-state index is 13.9. The Hall–Kier alpha value is -4.29. The number of hydrogen-bond donors (Lipinski definition) is 0. The zero-order chi connectivity index (χ0) is 39.4. The zero-order valence-corrected chi connectivity index (χ0v) is 32.2. The second kappa shape index (κ2) is 17.2. The van der Waals surface area contributed by atoms with Crippen LogP contribution in [0.1, 0.15) is 50.8 Å². The molecule has 2 aliphatic heterocycles. The molecule has 55 heavy (non-hydrogen) atoms. The van der Waals surface area contributed by atoms with E-state index < -0.39 is 47.1 Å². The van der Waals surface area contributed by atoms with Crippen LogP contribution < -0.4 is 23.3 Å². The number of amides is 2. The third-order valence-electron chi connectivity index (χ3n) is 9.32. The minimum Gasteiger partial charge on any atom is -0.489 e. The normalized spacial score (nSPS) is 16.6. The summed E-state index contributed by atoms with van der Waals surface area (Å²) in [7, 11) is -2.52. The van der Waals surface area contributed by atoms with Gasteiger partial charge in [0.2, 0.25) is 22.4 Å². The number of carbonyl (C=O) groups is 3. The Kier molecular flexibility index (Phi) is 12.7. The van der Waals surface area contributed by atoms with E-state index in [9.17, 15) is 31.6 Å². The van der Waals surface area contributed by atoms with Gasteiger partial charge in [0.05, 0.1) is 42.9 Å². The smallest absolute Gasteiger partial charge is 0.387 e. The Labute approximate surface area is 326 Å². The van der Waals surface area contributed by atoms with Crippen molar-refractivity contribution in [3.05, 3.63) is 81.1 Å². The second-order valence-corrected chi connectivity index (χ2v) is 15.9. The molecule has 3 aromatic rings. The first-order valence-corrected chi connectivity index (χ1v) is 20.0. The number of morpholine rings is 1. The van der Waals surface area contributed by atoms with E-state index in [0.717, 1.165) is 23.4 Å². The van der Waals surface area contributed by atoms with Crippen LogP contribution in [0.25, 0.3) is 0 Å². The largest absolute Gasteiger partial charge is 0.489 e. The van der Waals surface area contributed by atoms with Gasteiger partial charge in [-0.2, -0.15) is 8.78 Å². The molecule has 0 bridgehead atoms. The minimum atomic E-state index is -3.92. The molecule has 2 aromatic carbocycles. The van der Waals surface area contributed by atoms with Gasteiger partial charge >= 0.3 is 12.6 Å². The van der Waals surface area contributed by atoms with Crippen LogP contribution in [0.15, 0.2) is 48.8 Å². The van der Waals surface area contributed by atoms with Crippen molar-refractivity contribution >= 4 is 56.7 Å². The van der Waals surface area contributed by atoms with E-state index in [1.165, 1.54) is 60.6 Å². The Balaban J connectivity index is 1.27. The number of esters is 1. The summed E-state index contributed by atoms with van der Waals surface area (Å²) in [6, 6.07) is 8.36. The van der Waals surface area contributed by atoms with Crippen LogP contribution in [0, 0.1) is 5.92 Å². The molecule has 0 spiro atoms. The molecule has 3 heterocycles. The van der Waals surface area contributed by atoms with E-state index in [1.807, 2.05) is 4.90 Å². The number of benzene rings is 2. The molecule has 0 N–H and O–H groups in total. The van der Waals surface area contributed by atoms with Crippen molar-refractivity contribution in [3.63, 3.8) is 0 Å². The summed E-state index contributed by atoms with van der Waals surface area (Å²) in [5.41, 5.74) is 0.391. The van der Waals surface area contributed by atoms with Gasteiger partial charge in [0.25, 0.3) is 11.8 Å². The summed E-state index contributed by atoms with van der Waals surface area (Å²) in [5, 5.41) is 0.297. The minimum absolute atomic E-state index is 0.00294. The van der Waals surface area contributed by atoms with Crippen LogP contribution in [-0.2, 0) is 30.7 Å². The summed E-state index contributed by atoms with van der Waals surface area (Å²) in [4.78, 5) is 49.1. The lowest BCUT2D eigenvalue weighted by molar-refractivity contribution is -0.885. The average molecular weight is 829 g/mol. The predicted octanol–water partition coefficient (Wildman–Crippen LogP) is 3.95. The molecule has 1 saturated heterocycles. The Morgan fingerprint density at radius 3 is 2.40 bits per heavy atom. The molecule has 2 fully saturated rings. The van der Waals surface area contributed by atoms with Gasteiger partial charge in [-0.15, -0.1) is 0 Å². The first-order valence-electron chi connectivity index (χ1n) is 17.3. The molecule has 1 aromatic heterocycles. The van der Waals surface area contributed by atoms with E-state index in [0.29, 0.717) is 43.3 Å². The number of alkyl halides is 2. The number of halogens is 4. The summed E-state index contributed by atoms with van der Waals surface area (Å²) in [6.07, 6.45) is 4.40. The highest BCUT2D eigenvalue weighted by Gasteiger charge is 2.41. The number of carbonyl (C=O) groups excluding carboxylic acids is 3. The predicted molar refractivity (Wildman–Crippen MR) is 194 cm³/mol. The lowest BCUT2D eigenvalue weighted by Gasteiger charge is -2.30. The van der Waals surface area contributed by atoms with Crippen molar-refractivity contribution in [2.75, 3.05) is 70.2 Å². The van der Waals surface area contributed by atoms with Gasteiger partial charge in [-0.1, -0.05) is 35.3 Å². The molecule has 0 unspecified atom stereocenters. The molecule has 0 radical (unpaired) electrons. The fraction of sp³-hybridized carbons (Fsp3) is 0.444. The van der Waals surface area contributed by atoms with Crippen molar-refractivity contribution in [2.45, 2.75) is 32.0 Å². The van der Waals surface area contributed by atoms with Crippen LogP contribution in [-0.4, -0.2) is 109 Å². The summed E-state index contributed by atoms with van der Waals surface area (Å²) >= 11 is 13.1. The summed E-state index contributed by atoms with van der Waals surface area (Å²) in [6.45, 7) is -1.14. The molecule has 1 atom stereocenters. The van der Waals surface area contributed by atoms with Crippen molar-refractivity contribution in [3.8, 4) is 11.5 Å². The highest BCUT2D eigenvalue weighted by molar-refractivity contribution is 7.92. The third-order valence-corrected chi connectivity index (χ3v) is 11.1. The van der Waals surface area contributed by atoms with Crippen LogP contribution in [0.3, 0.4) is 0 Å². The quantitative estimate of drug-likeness (QED) is 0.111. The maximum atomic E-state index is 13.9. The van der Waals surface area contributed by atoms with Crippen LogP contribution in [0.4, 0.5) is 14.5 Å². The van der Waals surface area contributed by atoms with E-state index in [-0.39, 0.29) is 69.4 Å². The van der Waals surface area contributed by atoms with Crippen molar-refractivity contribution < 1.29 is 60.1 Å². The molecule has 296 valence electrons. The number of sulfonamides is 1. The fourth-order valence-corrected chi connectivity index (χ4v) is 7.80. The standard InChI is InChI=1S/C36H39Cl2F2N4O10S/c1-50-42-18-26(37)25(27(38)19-42)17-30(23-8-9-29(54-36(39)40)31(16-23)52-21-22-6-7-22)53-32(45)20-43-34(46)24-4-3-5-28(33(24)35(43)47)44(55(2,48)49)11-10-41-12-14-51-15-13-41/h3-5,8-9,16,18-19,22,30,36H,6-7,10-15,17,20-21H2,1-2H3/q+1/t30-/m0/s1. The van der Waals surface area contributed by atoms with E-state index in [2.05, 4.69) is 4.74 Å². The number of pyridine rings is 1. The molecule has 1 saturated carbocycles. The monoisotopic (exact) mass is 827 g/mol. The van der Waals surface area contributed by atoms with Crippen molar-refractivity contribution in [2.24, 2.45) is 5.92 Å². The van der Waals surface area contributed by atoms with Gasteiger partial charge < -0.3 is 18.9 Å². The molecule has 19 heteroatoms. The lowest BCUT2D eigenvalue weighted by Crippen LogP contribution is -2.43. The number of rotatable bonds is 17. The van der Waals surface area contributed by atoms with Gasteiger partial charge in [-0.3, -0.25) is 33.3 Å². The number of hydrogen-bond acceptors (Lipinski definition) is 11. The van der Waals surface area contributed by atoms with E-state index in [4.69, 9.17) is 42.3 Å². The second-order valence-electron chi connectivity index (χ2n) is 13.2. The number of nitrogens with zero attached hydrogens (tertiary/aromatic N) is 4. The number of ether oxygens (including phenoxy) is 4. The fourth-order valence-electron chi connectivity index (χ4n) is 6.28. The average Bonchev–Trinajstić information content (AvgIpc) is 3.94. The highest BCUT2D eigenvalue weighted by atomic mass is 35.5. The molecular formula is C36H39Cl2F2N4O10S+. The van der Waals surface area contributed by atoms with Crippen LogP contribution >= 0.6 is 23.2 Å². The van der Waals surface area contributed by atoms with Gasteiger partial charge in [-0.05, 0) is 48.6 Å². The summed E-state index contributed by atoms with van der Waals surface area (Å²) in [5.74, 6) is -2.69. The Bertz CT molecular complexity index is 2030. The molecule has 1 aliphatic carbocycles. The first kappa shape index (κ1) is 40.4. The Morgan fingerprint density at radius 2 is 1.76 bits per heavy atom. The first-order chi connectivity index (χ1) is 26.2. The van der Waals surface area contributed by atoms with E-state index in [1.54, 1.807) is 0 Å². The van der Waals surface area contributed by atoms with E-state index >= 15 is 0 Å². The Morgan fingerprint density at radius 1 is 1.05 bits per heavy atom. The number of fused-ring (bicyclic) bond motifs is 1. The van der Waals surface area contributed by atoms with Gasteiger partial charge in [0.15, 0.2) is 11.5 Å². The molecule has 2 amide bonds. The SMILES string of the molecule is CO[n+]1cc(Cl)c(C[C@H](OC(=O)CN2C(=O)c3cccc(N(CCN4CCOCC4)S(C)(=O)=O)c3C2=O)c2ccc(OC(F)F)c(OCC3CC3)c2)c(Cl)c1. The maximum Gasteiger partial charge on any atom is 0.387 e. The van der Waals surface area contributed by atoms with Gasteiger partial charge in [0.1, 0.15) is 29.8 Å². The highest BCUT2D eigenvalue weighted by Crippen LogP contribution is 2.38. The van der Waals surface area contributed by atoms with Gasteiger partial charge in [0, 0.05) is 42.9 Å². The number of imide groups is 1. The molecule has 3 aliphatic rings. The number of aromatic nitrogens is 1. The topological polar surface area (TPSA) is 145 Å². The number of anilines is 1. The zero-order valence-electron chi connectivity index (χ0n) is 29.9. The molecule has 14 nitrogen and oxygen atoms in total. The van der Waals surface area contributed by atoms with Crippen molar-refractivity contribution in [1.82, 2.24) is 9.80 Å². The van der Waals surface area contributed by atoms with Crippen LogP contribution in [0.2, 0.25) is 10.0 Å². The molecular weight excluding hydrogens is 789 g/mol. The van der Waals surface area contributed by atoms with Crippen LogP contribution in [0.5, 0.6) is 11.5 Å². The van der Waals surface area contributed by atoms with Gasteiger partial charge in [-0.25, -0.2) is 8.42 Å².